The lowest BCUT2D eigenvalue weighted by atomic mass is 9.84. The van der Waals surface area contributed by atoms with Gasteiger partial charge in [0, 0.05) is 46.4 Å². The Morgan fingerprint density at radius 2 is 1.80 bits per heavy atom. The molecule has 0 unspecified atom stereocenters. The van der Waals surface area contributed by atoms with Crippen LogP contribution < -0.4 is 9.46 Å². The summed E-state index contributed by atoms with van der Waals surface area (Å²) in [6, 6.07) is 14.4. The molecule has 0 bridgehead atoms. The number of halogens is 2. The first-order valence-electron chi connectivity index (χ1n) is 11.0. The van der Waals surface area contributed by atoms with Gasteiger partial charge in [-0.15, -0.1) is 0 Å². The van der Waals surface area contributed by atoms with E-state index in [1.54, 1.807) is 18.2 Å². The molecule has 0 atom stereocenters. The molecule has 184 valence electrons. The summed E-state index contributed by atoms with van der Waals surface area (Å²) >= 11 is 5.78. The van der Waals surface area contributed by atoms with Crippen LogP contribution in [0.3, 0.4) is 0 Å². The summed E-state index contributed by atoms with van der Waals surface area (Å²) in [7, 11) is -3.78. The van der Waals surface area contributed by atoms with Crippen LogP contribution in [0.15, 0.2) is 65.6 Å². The summed E-state index contributed by atoms with van der Waals surface area (Å²) in [5.41, 5.74) is 1.06. The number of nitro benzene ring substituents is 1. The summed E-state index contributed by atoms with van der Waals surface area (Å²) in [5, 5.41) is 11.1. The maximum atomic E-state index is 14.0. The third kappa shape index (κ3) is 6.33. The maximum Gasteiger partial charge on any atom is 0.269 e. The lowest BCUT2D eigenvalue weighted by Gasteiger charge is -2.28. The van der Waals surface area contributed by atoms with Crippen LogP contribution in [-0.2, 0) is 16.6 Å². The van der Waals surface area contributed by atoms with Crippen molar-refractivity contribution in [3.63, 3.8) is 0 Å². The van der Waals surface area contributed by atoms with E-state index in [0.717, 1.165) is 18.5 Å². The van der Waals surface area contributed by atoms with E-state index in [1.165, 1.54) is 30.3 Å². The molecule has 3 aromatic rings. The standard InChI is InChI=1S/C24H23ClFN3O5S/c25-18-7-4-17(22(26)14-18)15-34-24-3-1-2-23(27-24)16-5-8-19(9-6-16)28-35(32,33)21-12-10-20(11-13-21)29(30)31/h1-4,7,10-14,16,19,28H,5-6,8-9,15H2. The van der Waals surface area contributed by atoms with Crippen LogP contribution in [0, 0.1) is 15.9 Å². The summed E-state index contributed by atoms with van der Waals surface area (Å²) < 4.78 is 47.7. The van der Waals surface area contributed by atoms with E-state index in [9.17, 15) is 22.9 Å². The van der Waals surface area contributed by atoms with Crippen molar-refractivity contribution in [1.82, 2.24) is 9.71 Å². The topological polar surface area (TPSA) is 111 Å². The maximum absolute atomic E-state index is 14.0. The zero-order valence-corrected chi connectivity index (χ0v) is 20.1. The average molecular weight is 520 g/mol. The van der Waals surface area contributed by atoms with Gasteiger partial charge in [0.2, 0.25) is 15.9 Å². The first-order chi connectivity index (χ1) is 16.7. The zero-order chi connectivity index (χ0) is 25.0. The van der Waals surface area contributed by atoms with Crippen molar-refractivity contribution >= 4 is 27.3 Å². The molecule has 1 heterocycles. The lowest BCUT2D eigenvalue weighted by Crippen LogP contribution is -2.37. The average Bonchev–Trinajstić information content (AvgIpc) is 2.84. The molecular formula is C24H23ClFN3O5S. The van der Waals surface area contributed by atoms with Crippen molar-refractivity contribution in [2.75, 3.05) is 0 Å². The minimum atomic E-state index is -3.78. The van der Waals surface area contributed by atoms with Crippen molar-refractivity contribution in [2.45, 2.75) is 49.1 Å². The Bertz CT molecular complexity index is 1310. The van der Waals surface area contributed by atoms with Crippen LogP contribution in [0.25, 0.3) is 0 Å². The van der Waals surface area contributed by atoms with Crippen molar-refractivity contribution < 1.29 is 22.5 Å². The fourth-order valence-electron chi connectivity index (χ4n) is 4.07. The van der Waals surface area contributed by atoms with Crippen LogP contribution in [0.5, 0.6) is 5.88 Å². The Morgan fingerprint density at radius 3 is 2.46 bits per heavy atom. The van der Waals surface area contributed by atoms with Gasteiger partial charge in [0.15, 0.2) is 0 Å². The molecule has 1 saturated carbocycles. The van der Waals surface area contributed by atoms with Gasteiger partial charge in [0.25, 0.3) is 5.69 Å². The molecule has 2 aromatic carbocycles. The number of hydrogen-bond acceptors (Lipinski definition) is 6. The fraction of sp³-hybridized carbons (Fsp3) is 0.292. The summed E-state index contributed by atoms with van der Waals surface area (Å²) in [5.74, 6) is 0.0898. The van der Waals surface area contributed by atoms with Gasteiger partial charge in [-0.3, -0.25) is 10.1 Å². The zero-order valence-electron chi connectivity index (χ0n) is 18.6. The van der Waals surface area contributed by atoms with Crippen LogP contribution >= 0.6 is 11.6 Å². The van der Waals surface area contributed by atoms with Crippen molar-refractivity contribution in [2.24, 2.45) is 0 Å². The Balaban J connectivity index is 1.33. The van der Waals surface area contributed by atoms with Gasteiger partial charge < -0.3 is 4.74 Å². The Hall–Kier alpha value is -3.08. The molecule has 4 rings (SSSR count). The number of rotatable bonds is 8. The molecule has 1 aliphatic rings. The number of nitrogens with zero attached hydrogens (tertiary/aromatic N) is 2. The monoisotopic (exact) mass is 519 g/mol. The smallest absolute Gasteiger partial charge is 0.269 e. The fourth-order valence-corrected chi connectivity index (χ4v) is 5.53. The summed E-state index contributed by atoms with van der Waals surface area (Å²) in [6.45, 7) is 0.0244. The number of non-ortho nitro benzene ring substituents is 1. The van der Waals surface area contributed by atoms with E-state index in [4.69, 9.17) is 16.3 Å². The molecule has 0 saturated heterocycles. The van der Waals surface area contributed by atoms with E-state index in [0.29, 0.717) is 29.3 Å². The number of ether oxygens (including phenoxy) is 1. The third-order valence-corrected chi connectivity index (χ3v) is 7.73. The van der Waals surface area contributed by atoms with E-state index in [1.807, 2.05) is 12.1 Å². The molecule has 1 aliphatic carbocycles. The molecule has 1 aromatic heterocycles. The van der Waals surface area contributed by atoms with Crippen LogP contribution in [0.4, 0.5) is 10.1 Å². The number of nitro groups is 1. The van der Waals surface area contributed by atoms with Crippen LogP contribution in [0.2, 0.25) is 5.02 Å². The highest BCUT2D eigenvalue weighted by atomic mass is 35.5. The largest absolute Gasteiger partial charge is 0.473 e. The Labute approximate surface area is 207 Å². The molecule has 0 aliphatic heterocycles. The molecule has 1 fully saturated rings. The van der Waals surface area contributed by atoms with Gasteiger partial charge in [-0.25, -0.2) is 22.5 Å². The summed E-state index contributed by atoms with van der Waals surface area (Å²) in [4.78, 5) is 14.8. The van der Waals surface area contributed by atoms with Crippen molar-refractivity contribution in [3.8, 4) is 5.88 Å². The molecule has 1 N–H and O–H groups in total. The predicted molar refractivity (Wildman–Crippen MR) is 128 cm³/mol. The second-order valence-corrected chi connectivity index (χ2v) is 10.5. The molecule has 11 heteroatoms. The van der Waals surface area contributed by atoms with E-state index < -0.39 is 20.8 Å². The first-order valence-corrected chi connectivity index (χ1v) is 12.9. The SMILES string of the molecule is O=[N+]([O-])c1ccc(S(=O)(=O)NC2CCC(c3cccc(OCc4ccc(Cl)cc4F)n3)CC2)cc1. The quantitative estimate of drug-likeness (QED) is 0.316. The number of pyridine rings is 1. The van der Waals surface area contributed by atoms with Gasteiger partial charge in [-0.2, -0.15) is 0 Å². The van der Waals surface area contributed by atoms with E-state index in [2.05, 4.69) is 9.71 Å². The van der Waals surface area contributed by atoms with Crippen LogP contribution in [-0.4, -0.2) is 24.4 Å². The lowest BCUT2D eigenvalue weighted by molar-refractivity contribution is -0.384. The highest BCUT2D eigenvalue weighted by Crippen LogP contribution is 2.33. The molecule has 0 spiro atoms. The minimum absolute atomic E-state index is 0.00568. The summed E-state index contributed by atoms with van der Waals surface area (Å²) in [6.07, 6.45) is 2.71. The van der Waals surface area contributed by atoms with E-state index >= 15 is 0 Å². The molecule has 0 radical (unpaired) electrons. The highest BCUT2D eigenvalue weighted by Gasteiger charge is 2.27. The molecule has 0 amide bonds. The second kappa shape index (κ2) is 10.7. The third-order valence-electron chi connectivity index (χ3n) is 5.96. The molecule has 8 nitrogen and oxygen atoms in total. The Morgan fingerprint density at radius 1 is 1.09 bits per heavy atom. The number of aromatic nitrogens is 1. The number of hydrogen-bond donors (Lipinski definition) is 1. The second-order valence-electron chi connectivity index (χ2n) is 8.35. The highest BCUT2D eigenvalue weighted by molar-refractivity contribution is 7.89. The minimum Gasteiger partial charge on any atom is -0.473 e. The van der Waals surface area contributed by atoms with Gasteiger partial charge in [0.05, 0.1) is 9.82 Å². The van der Waals surface area contributed by atoms with Gasteiger partial charge >= 0.3 is 0 Å². The van der Waals surface area contributed by atoms with Crippen LogP contribution in [0.1, 0.15) is 42.9 Å². The van der Waals surface area contributed by atoms with Gasteiger partial charge in [-0.1, -0.05) is 23.7 Å². The number of benzene rings is 2. The molecular weight excluding hydrogens is 497 g/mol. The first kappa shape index (κ1) is 25.0. The van der Waals surface area contributed by atoms with Crippen molar-refractivity contribution in [3.05, 3.63) is 92.9 Å². The normalized spacial score (nSPS) is 18.2. The van der Waals surface area contributed by atoms with Gasteiger partial charge in [-0.05, 0) is 56.0 Å². The van der Waals surface area contributed by atoms with Gasteiger partial charge in [0.1, 0.15) is 12.4 Å². The number of nitrogens with one attached hydrogen (secondary N) is 1. The number of sulfonamides is 1. The molecule has 35 heavy (non-hydrogen) atoms. The Kier molecular flexibility index (Phi) is 7.63. The predicted octanol–water partition coefficient (Wildman–Crippen LogP) is 5.37. The van der Waals surface area contributed by atoms with E-state index in [-0.39, 0.29) is 29.1 Å². The van der Waals surface area contributed by atoms with Crippen molar-refractivity contribution in [1.29, 1.82) is 0 Å².